The van der Waals surface area contributed by atoms with Gasteiger partial charge >= 0.3 is 0 Å². The molecule has 2 aliphatic heterocycles. The number of benzene rings is 12. The van der Waals surface area contributed by atoms with Crippen LogP contribution < -0.4 is 37.7 Å². The zero-order valence-electron chi connectivity index (χ0n) is 66.5. The van der Waals surface area contributed by atoms with Crippen LogP contribution in [0.25, 0.3) is 77.9 Å². The van der Waals surface area contributed by atoms with E-state index >= 15 is 0 Å². The lowest BCUT2D eigenvalue weighted by Crippen LogP contribution is -2.66. The van der Waals surface area contributed by atoms with Crippen molar-refractivity contribution in [3.05, 3.63) is 292 Å². The molecule has 0 bridgehead atoms. The second-order valence-electron chi connectivity index (χ2n) is 37.1. The van der Waals surface area contributed by atoms with E-state index in [2.05, 4.69) is 395 Å². The molecule has 104 heavy (non-hydrogen) atoms. The van der Waals surface area contributed by atoms with E-state index in [1.165, 1.54) is 189 Å². The Bertz CT molecular complexity index is 4970. The maximum absolute atomic E-state index is 2.71. The molecule has 0 unspecified atom stereocenters. The van der Waals surface area contributed by atoms with E-state index in [4.69, 9.17) is 0 Å². The smallest absolute Gasteiger partial charge is 0.247 e. The molecule has 2 aliphatic rings. The molecule has 0 fully saturated rings. The Morgan fingerprint density at radius 3 is 0.894 bits per heavy atom. The van der Waals surface area contributed by atoms with Crippen LogP contribution in [0.4, 0.5) is 17.1 Å². The molecule has 0 aliphatic carbocycles. The number of rotatable bonds is 9. The molecular weight excluding hydrogens is 1250 g/mol. The Morgan fingerprint density at radius 1 is 0.231 bits per heavy atom. The van der Waals surface area contributed by atoms with Crippen molar-refractivity contribution < 1.29 is 0 Å². The highest BCUT2D eigenvalue weighted by molar-refractivity contribution is 7.02. The van der Waals surface area contributed by atoms with Gasteiger partial charge < -0.3 is 4.90 Å². The van der Waals surface area contributed by atoms with E-state index in [0.29, 0.717) is 0 Å². The summed E-state index contributed by atoms with van der Waals surface area (Å²) in [6, 6.07) is 92.1. The van der Waals surface area contributed by atoms with E-state index in [-0.39, 0.29) is 45.9 Å². The van der Waals surface area contributed by atoms with Crippen LogP contribution in [0.15, 0.2) is 231 Å². The Labute approximate surface area is 625 Å². The van der Waals surface area contributed by atoms with Gasteiger partial charge in [-0.05, 0) is 249 Å². The fourth-order valence-corrected chi connectivity index (χ4v) is 16.8. The summed E-state index contributed by atoms with van der Waals surface area (Å²) in [7, 11) is 0. The van der Waals surface area contributed by atoms with Gasteiger partial charge in [-0.3, -0.25) is 0 Å². The van der Waals surface area contributed by atoms with Gasteiger partial charge in [-0.25, -0.2) is 0 Å². The van der Waals surface area contributed by atoms with E-state index in [1.54, 1.807) is 0 Å². The van der Waals surface area contributed by atoms with Gasteiger partial charge in [0.1, 0.15) is 0 Å². The molecule has 3 heteroatoms. The fourth-order valence-electron chi connectivity index (χ4n) is 16.8. The molecule has 0 amide bonds. The lowest BCUT2D eigenvalue weighted by molar-refractivity contribution is 0.590. The first kappa shape index (κ1) is 71.6. The van der Waals surface area contributed by atoms with Crippen LogP contribution in [0, 0.1) is 34.6 Å². The molecule has 1 nitrogen and oxygen atoms in total. The summed E-state index contributed by atoms with van der Waals surface area (Å²) in [6.45, 7) is 53.4. The average molecular weight is 1360 g/mol. The number of fused-ring (bicyclic) bond motifs is 4. The minimum atomic E-state index is -0.118. The number of anilines is 3. The normalized spacial score (nSPS) is 13.3. The predicted octanol–water partition coefficient (Wildman–Crippen LogP) is 23.8. The number of hydrogen-bond acceptors (Lipinski definition) is 1. The van der Waals surface area contributed by atoms with Gasteiger partial charge in [-0.1, -0.05) is 345 Å². The van der Waals surface area contributed by atoms with Gasteiger partial charge in [-0.15, -0.1) is 0 Å². The maximum atomic E-state index is 2.71. The standard InChI is InChI=1S/C101H107B2N/c1-62-27-46-86(64(3)49-62)102-87-60-82(100(18,19)20)44-47-91(87)104-92-48-45-83(101(21,22)23)61-88(92)103(94-65(4)50-63(2)51-66(94)5)90-59-77(58-89(102)95(90)104)93-84(75-54-71(67-28-36-78(37-29-67)96(6,7)8)52-72(55-75)68-30-38-79(39-31-68)97(9,10)11)25-24-26-85(93)76-56-73(69-32-40-80(41-33-69)98(12,13)14)53-74(57-76)70-34-42-81(43-35-70)99(15,16)17/h24-61H,1-23H3. The molecule has 0 aromatic heterocycles. The van der Waals surface area contributed by atoms with Gasteiger partial charge in [0, 0.05) is 17.1 Å². The minimum Gasteiger partial charge on any atom is -0.313 e. The third kappa shape index (κ3) is 13.5. The molecule has 2 heterocycles. The second kappa shape index (κ2) is 26.0. The van der Waals surface area contributed by atoms with Crippen molar-refractivity contribution in [3.63, 3.8) is 0 Å². The van der Waals surface area contributed by atoms with Gasteiger partial charge in [-0.2, -0.15) is 0 Å². The number of nitrogens with zero attached hydrogens (tertiary/aromatic N) is 1. The van der Waals surface area contributed by atoms with Crippen LogP contribution in [-0.4, -0.2) is 13.4 Å². The quantitative estimate of drug-likeness (QED) is 0.130. The van der Waals surface area contributed by atoms with Gasteiger partial charge in [0.15, 0.2) is 0 Å². The van der Waals surface area contributed by atoms with Crippen molar-refractivity contribution in [1.82, 2.24) is 0 Å². The van der Waals surface area contributed by atoms with E-state index < -0.39 is 0 Å². The van der Waals surface area contributed by atoms with Crippen LogP contribution in [0.1, 0.15) is 186 Å². The first-order valence-electron chi connectivity index (χ1n) is 38.2. The molecule has 12 aromatic rings. The summed E-state index contributed by atoms with van der Waals surface area (Å²) in [5, 5.41) is 0. The van der Waals surface area contributed by atoms with Gasteiger partial charge in [0.2, 0.25) is 13.4 Å². The van der Waals surface area contributed by atoms with Crippen molar-refractivity contribution in [1.29, 1.82) is 0 Å². The lowest BCUT2D eigenvalue weighted by Gasteiger charge is -2.45. The van der Waals surface area contributed by atoms with E-state index in [1.807, 2.05) is 0 Å². The number of hydrogen-bond donors (Lipinski definition) is 0. The molecular formula is C101H107B2N. The fraction of sp³-hybridized carbons (Fsp3) is 0.287. The van der Waals surface area contributed by atoms with Crippen molar-refractivity contribution in [2.75, 3.05) is 4.90 Å². The molecule has 14 rings (SSSR count). The van der Waals surface area contributed by atoms with Crippen LogP contribution in [0.5, 0.6) is 0 Å². The van der Waals surface area contributed by atoms with E-state index in [9.17, 15) is 0 Å². The van der Waals surface area contributed by atoms with Crippen molar-refractivity contribution in [3.8, 4) is 77.9 Å². The zero-order valence-corrected chi connectivity index (χ0v) is 66.5. The minimum absolute atomic E-state index is 0.00473. The summed E-state index contributed by atoms with van der Waals surface area (Å²) in [6.07, 6.45) is 0. The van der Waals surface area contributed by atoms with Gasteiger partial charge in [0.25, 0.3) is 0 Å². The molecule has 0 N–H and O–H groups in total. The van der Waals surface area contributed by atoms with Crippen LogP contribution >= 0.6 is 0 Å². The first-order valence-corrected chi connectivity index (χ1v) is 38.2. The van der Waals surface area contributed by atoms with Crippen molar-refractivity contribution in [2.45, 2.75) is 192 Å². The first-order chi connectivity index (χ1) is 48.9. The third-order valence-corrected chi connectivity index (χ3v) is 22.8. The Kier molecular flexibility index (Phi) is 17.9. The Balaban J connectivity index is 1.16. The van der Waals surface area contributed by atoms with Crippen LogP contribution in [0.3, 0.4) is 0 Å². The summed E-state index contributed by atoms with van der Waals surface area (Å²) in [5.41, 5.74) is 42.7. The Hall–Kier alpha value is -9.43. The largest absolute Gasteiger partial charge is 0.313 e. The predicted molar refractivity (Wildman–Crippen MR) is 457 cm³/mol. The molecule has 0 atom stereocenters. The average Bonchev–Trinajstić information content (AvgIpc) is 0.689. The molecule has 0 radical (unpaired) electrons. The van der Waals surface area contributed by atoms with Crippen molar-refractivity contribution >= 4 is 63.3 Å². The molecule has 0 spiro atoms. The molecule has 0 saturated carbocycles. The summed E-state index contributed by atoms with van der Waals surface area (Å²) >= 11 is 0. The monoisotopic (exact) mass is 1360 g/mol. The SMILES string of the molecule is Cc1ccc(B2c3cc(C(C)(C)C)ccc3N3c4ccc(C(C)(C)C)cc4B(c4c(C)cc(C)cc4C)c4cc(-c5c(-c6cc(-c7ccc(C(C)(C)C)cc7)cc(-c7ccc(C(C)(C)C)cc7)c6)cccc5-c5cc(-c6ccc(C(C)(C)C)cc6)cc(-c6ccc(C(C)(C)C)cc6)c5)cc2c43)c(C)c1. The molecule has 522 valence electrons. The maximum Gasteiger partial charge on any atom is 0.247 e. The van der Waals surface area contributed by atoms with Crippen LogP contribution in [0.2, 0.25) is 0 Å². The second-order valence-corrected chi connectivity index (χ2v) is 37.1. The topological polar surface area (TPSA) is 3.24 Å². The molecule has 0 saturated heterocycles. The summed E-state index contributed by atoms with van der Waals surface area (Å²) in [5.74, 6) is 0. The summed E-state index contributed by atoms with van der Waals surface area (Å²) < 4.78 is 0. The highest BCUT2D eigenvalue weighted by atomic mass is 15.2. The summed E-state index contributed by atoms with van der Waals surface area (Å²) in [4.78, 5) is 2.71. The highest BCUT2D eigenvalue weighted by Crippen LogP contribution is 2.48. The highest BCUT2D eigenvalue weighted by Gasteiger charge is 2.46. The van der Waals surface area contributed by atoms with Crippen molar-refractivity contribution in [2.24, 2.45) is 0 Å². The number of aryl methyl sites for hydroxylation is 5. The zero-order chi connectivity index (χ0) is 74.2. The van der Waals surface area contributed by atoms with Gasteiger partial charge in [0.05, 0.1) is 0 Å². The third-order valence-electron chi connectivity index (χ3n) is 22.8. The molecule has 12 aromatic carbocycles. The lowest BCUT2D eigenvalue weighted by atomic mass is 9.29. The van der Waals surface area contributed by atoms with Crippen LogP contribution in [-0.2, 0) is 32.5 Å². The van der Waals surface area contributed by atoms with E-state index in [0.717, 1.165) is 0 Å². The Morgan fingerprint density at radius 2 is 0.548 bits per heavy atom.